The van der Waals surface area contributed by atoms with Gasteiger partial charge in [-0.15, -0.1) is 0 Å². The van der Waals surface area contributed by atoms with Crippen molar-refractivity contribution in [1.29, 1.82) is 0 Å². The van der Waals surface area contributed by atoms with Crippen LogP contribution < -0.4 is 0 Å². The van der Waals surface area contributed by atoms with E-state index in [-0.39, 0.29) is 0 Å². The predicted molar refractivity (Wildman–Crippen MR) is 169 cm³/mol. The standard InChI is InChI=1S/C30H54O26/c31-1-7(37)13(39)23(8(38)2-32)53-28-20(46)16(42)25(10(4-34)50-28)55-30-22(48)18(44)26(12(6-36)52-30)56-29-21(47)17(43)24(11(5-35)51-29)54-27-19(45)15(41)14(40)9(3-33)49-27/h7-48H,1-6H2/t7-,8+,9+,10+,11+,12+,13+,14+,15-,16+,17+,18+,19+,20+,21+,22+,23+,24+,25+,26+,27+,28+,29+,30+/m0/s1. The Morgan fingerprint density at radius 3 is 1.05 bits per heavy atom. The third-order valence-electron chi connectivity index (χ3n) is 9.96. The van der Waals surface area contributed by atoms with Gasteiger partial charge in [-0.2, -0.15) is 0 Å². The highest BCUT2D eigenvalue weighted by atomic mass is 16.8. The van der Waals surface area contributed by atoms with Crippen molar-refractivity contribution in [3.8, 4) is 0 Å². The first-order chi connectivity index (χ1) is 26.5. The summed E-state index contributed by atoms with van der Waals surface area (Å²) in [5.74, 6) is 0. The Morgan fingerprint density at radius 1 is 0.375 bits per heavy atom. The third kappa shape index (κ3) is 10.1. The van der Waals surface area contributed by atoms with Crippen molar-refractivity contribution in [3.05, 3.63) is 0 Å². The molecule has 26 heteroatoms. The van der Waals surface area contributed by atoms with Gasteiger partial charge in [0.25, 0.3) is 0 Å². The zero-order valence-corrected chi connectivity index (χ0v) is 29.4. The van der Waals surface area contributed by atoms with Crippen molar-refractivity contribution < 1.29 is 130 Å². The first-order valence-electron chi connectivity index (χ1n) is 17.5. The summed E-state index contributed by atoms with van der Waals surface area (Å²) in [6, 6.07) is 0. The Morgan fingerprint density at radius 2 is 0.696 bits per heavy atom. The molecule has 4 aliphatic rings. The van der Waals surface area contributed by atoms with Crippen molar-refractivity contribution in [2.45, 2.75) is 147 Å². The van der Waals surface area contributed by atoms with Gasteiger partial charge in [-0.1, -0.05) is 0 Å². The van der Waals surface area contributed by atoms with E-state index in [9.17, 15) is 86.8 Å². The van der Waals surface area contributed by atoms with Crippen LogP contribution in [0.3, 0.4) is 0 Å². The van der Waals surface area contributed by atoms with Crippen LogP contribution >= 0.6 is 0 Å². The summed E-state index contributed by atoms with van der Waals surface area (Å²) < 4.78 is 43.8. The number of hydrogen-bond acceptors (Lipinski definition) is 26. The summed E-state index contributed by atoms with van der Waals surface area (Å²) in [4.78, 5) is 0. The molecule has 24 atom stereocenters. The fourth-order valence-corrected chi connectivity index (χ4v) is 6.63. The lowest BCUT2D eigenvalue weighted by Gasteiger charge is -2.49. The molecule has 0 unspecified atom stereocenters. The van der Waals surface area contributed by atoms with Crippen molar-refractivity contribution >= 4 is 0 Å². The Labute approximate surface area is 317 Å². The van der Waals surface area contributed by atoms with Crippen molar-refractivity contribution in [3.63, 3.8) is 0 Å². The zero-order chi connectivity index (χ0) is 41.8. The van der Waals surface area contributed by atoms with Crippen LogP contribution in [0.4, 0.5) is 0 Å². The topological polar surface area (TPSA) is 438 Å². The number of rotatable bonds is 17. The third-order valence-corrected chi connectivity index (χ3v) is 9.96. The quantitative estimate of drug-likeness (QED) is 0.0647. The van der Waals surface area contributed by atoms with E-state index in [2.05, 4.69) is 0 Å². The lowest BCUT2D eigenvalue weighted by molar-refractivity contribution is -0.390. The number of aliphatic hydroxyl groups excluding tert-OH is 18. The van der Waals surface area contributed by atoms with Crippen LogP contribution in [0.2, 0.25) is 0 Å². The maximum absolute atomic E-state index is 11.1. The van der Waals surface area contributed by atoms with E-state index >= 15 is 0 Å². The molecule has 0 radical (unpaired) electrons. The van der Waals surface area contributed by atoms with Crippen LogP contribution in [0.5, 0.6) is 0 Å². The van der Waals surface area contributed by atoms with Gasteiger partial charge in [-0.25, -0.2) is 0 Å². The molecule has 0 bridgehead atoms. The molecule has 4 fully saturated rings. The Hall–Kier alpha value is -1.04. The van der Waals surface area contributed by atoms with Crippen LogP contribution in [-0.4, -0.2) is 279 Å². The number of aliphatic hydroxyl groups is 18. The molecule has 4 heterocycles. The van der Waals surface area contributed by atoms with Gasteiger partial charge in [-0.3, -0.25) is 0 Å². The van der Waals surface area contributed by atoms with E-state index in [1.54, 1.807) is 0 Å². The first kappa shape index (κ1) is 47.6. The number of ether oxygens (including phenoxy) is 8. The van der Waals surface area contributed by atoms with E-state index in [0.717, 1.165) is 0 Å². The van der Waals surface area contributed by atoms with Gasteiger partial charge < -0.3 is 130 Å². The molecule has 0 aromatic heterocycles. The summed E-state index contributed by atoms with van der Waals surface area (Å²) in [6.07, 6.45) is -45.3. The average Bonchev–Trinajstić information content (AvgIpc) is 3.20. The average molecular weight is 831 g/mol. The molecule has 26 nitrogen and oxygen atoms in total. The van der Waals surface area contributed by atoms with E-state index in [1.807, 2.05) is 0 Å². The van der Waals surface area contributed by atoms with Crippen molar-refractivity contribution in [2.24, 2.45) is 0 Å². The molecule has 18 N–H and O–H groups in total. The SMILES string of the molecule is OC[C@@H](O)[C@@H](O[C@H]1O[C@H](CO)[C@@H](O[C@H]2O[C@H](CO)[C@@H](O[C@H]3O[C@H](CO)[C@@H](O[C@H]4O[C@H](CO)[C@@H](O)[C@H](O)[C@H]4O)[C@H](O)[C@H]3O)[C@H](O)[C@H]2O)[C@H](O)[C@H]1O)[C@H](O)[C@@H](O)CO. The summed E-state index contributed by atoms with van der Waals surface area (Å²) in [5, 5.41) is 184. The maximum Gasteiger partial charge on any atom is 0.187 e. The van der Waals surface area contributed by atoms with Crippen molar-refractivity contribution in [1.82, 2.24) is 0 Å². The fraction of sp³-hybridized carbons (Fsp3) is 1.00. The number of hydrogen-bond donors (Lipinski definition) is 18. The molecular weight excluding hydrogens is 776 g/mol. The Kier molecular flexibility index (Phi) is 17.8. The largest absolute Gasteiger partial charge is 0.394 e. The minimum Gasteiger partial charge on any atom is -0.394 e. The summed E-state index contributed by atoms with van der Waals surface area (Å²) in [7, 11) is 0. The fourth-order valence-electron chi connectivity index (χ4n) is 6.63. The van der Waals surface area contributed by atoms with Crippen LogP contribution in [0, 0.1) is 0 Å². The molecule has 0 amide bonds. The molecule has 4 aliphatic heterocycles. The van der Waals surface area contributed by atoms with E-state index in [1.165, 1.54) is 0 Å². The summed E-state index contributed by atoms with van der Waals surface area (Å²) in [6.45, 7) is -5.79. The van der Waals surface area contributed by atoms with Crippen molar-refractivity contribution in [2.75, 3.05) is 39.6 Å². The van der Waals surface area contributed by atoms with Gasteiger partial charge >= 0.3 is 0 Å². The van der Waals surface area contributed by atoms with Gasteiger partial charge in [0.05, 0.1) is 39.6 Å². The maximum atomic E-state index is 11.1. The monoisotopic (exact) mass is 830 g/mol. The molecule has 0 aromatic carbocycles. The molecule has 4 rings (SSSR count). The van der Waals surface area contributed by atoms with Gasteiger partial charge in [0.2, 0.25) is 0 Å². The van der Waals surface area contributed by atoms with Gasteiger partial charge in [0, 0.05) is 0 Å². The highest BCUT2D eigenvalue weighted by Gasteiger charge is 2.55. The van der Waals surface area contributed by atoms with E-state index in [0.29, 0.717) is 0 Å². The highest BCUT2D eigenvalue weighted by Crippen LogP contribution is 2.35. The Bertz CT molecular complexity index is 1150. The lowest BCUT2D eigenvalue weighted by Crippen LogP contribution is -2.67. The van der Waals surface area contributed by atoms with E-state index in [4.69, 9.17) is 43.0 Å². The lowest BCUT2D eigenvalue weighted by atomic mass is 9.95. The minimum atomic E-state index is -2.14. The van der Waals surface area contributed by atoms with Crippen LogP contribution in [0.25, 0.3) is 0 Å². The summed E-state index contributed by atoms with van der Waals surface area (Å²) in [5.41, 5.74) is 0. The minimum absolute atomic E-state index is 0.816. The molecule has 0 spiro atoms. The second-order valence-electron chi connectivity index (χ2n) is 13.7. The second-order valence-corrected chi connectivity index (χ2v) is 13.7. The first-order valence-corrected chi connectivity index (χ1v) is 17.5. The molecule has 0 aliphatic carbocycles. The molecule has 330 valence electrons. The van der Waals surface area contributed by atoms with E-state index < -0.39 is 187 Å². The van der Waals surface area contributed by atoms with Gasteiger partial charge in [0.15, 0.2) is 25.2 Å². The molecule has 0 saturated carbocycles. The molecular formula is C30H54O26. The predicted octanol–water partition coefficient (Wildman–Crippen LogP) is -12.3. The van der Waals surface area contributed by atoms with Gasteiger partial charge in [0.1, 0.15) is 122 Å². The van der Waals surface area contributed by atoms with Crippen LogP contribution in [0.15, 0.2) is 0 Å². The molecule has 0 aromatic rings. The highest BCUT2D eigenvalue weighted by molar-refractivity contribution is 4.98. The molecule has 4 saturated heterocycles. The zero-order valence-electron chi connectivity index (χ0n) is 29.4. The Balaban J connectivity index is 1.43. The normalized spacial score (nSPS) is 47.2. The second kappa shape index (κ2) is 21.0. The smallest absolute Gasteiger partial charge is 0.187 e. The van der Waals surface area contributed by atoms with Crippen LogP contribution in [-0.2, 0) is 37.9 Å². The summed E-state index contributed by atoms with van der Waals surface area (Å²) >= 11 is 0. The molecule has 56 heavy (non-hydrogen) atoms. The van der Waals surface area contributed by atoms with Crippen LogP contribution in [0.1, 0.15) is 0 Å². The van der Waals surface area contributed by atoms with Gasteiger partial charge in [-0.05, 0) is 0 Å².